The minimum Gasteiger partial charge on any atom is -0.435 e. The van der Waals surface area contributed by atoms with E-state index < -0.39 is 22.7 Å². The van der Waals surface area contributed by atoms with E-state index in [2.05, 4.69) is 9.72 Å². The Morgan fingerprint density at radius 2 is 1.93 bits per heavy atom. The molecule has 0 N–H and O–H groups in total. The molecule has 1 saturated heterocycles. The Labute approximate surface area is 167 Å². The first kappa shape index (κ1) is 19.7. The smallest absolute Gasteiger partial charge is 0.387 e. The Morgan fingerprint density at radius 1 is 1.17 bits per heavy atom. The van der Waals surface area contributed by atoms with Crippen molar-refractivity contribution in [1.82, 2.24) is 14.2 Å². The highest BCUT2D eigenvalue weighted by Gasteiger charge is 2.44. The third kappa shape index (κ3) is 3.36. The summed E-state index contributed by atoms with van der Waals surface area (Å²) < 4.78 is 56.8. The summed E-state index contributed by atoms with van der Waals surface area (Å²) in [5.74, 6) is -0.240. The lowest BCUT2D eigenvalue weighted by atomic mass is 10.1. The molecule has 0 aliphatic carbocycles. The molecule has 2 aliphatic rings. The van der Waals surface area contributed by atoms with Crippen molar-refractivity contribution in [3.63, 3.8) is 0 Å². The number of aromatic nitrogens is 1. The maximum absolute atomic E-state index is 13.2. The van der Waals surface area contributed by atoms with Gasteiger partial charge in [-0.15, -0.1) is 0 Å². The summed E-state index contributed by atoms with van der Waals surface area (Å²) in [5.41, 5.74) is 2.16. The Bertz CT molecular complexity index is 1090. The van der Waals surface area contributed by atoms with E-state index in [9.17, 15) is 22.0 Å². The zero-order chi connectivity index (χ0) is 20.9. The van der Waals surface area contributed by atoms with E-state index in [4.69, 9.17) is 0 Å². The number of pyridine rings is 1. The molecule has 0 radical (unpaired) electrons. The number of amides is 1. The van der Waals surface area contributed by atoms with Crippen LogP contribution >= 0.6 is 0 Å². The highest BCUT2D eigenvalue weighted by Crippen LogP contribution is 2.37. The second kappa shape index (κ2) is 7.03. The Balaban J connectivity index is 1.64. The number of alkyl halides is 2. The highest BCUT2D eigenvalue weighted by atomic mass is 32.2. The standard InChI is InChI=1S/C19H19F2N3O4S/c1-11-9-13(28-19(20)21)4-6-16(11)29(26,27)23-7-8-24-15(10-23)17-14(18(24)25)5-3-12(2)22-17/h3-6,9,15,19H,7-8,10H2,1-2H3. The molecule has 1 fully saturated rings. The van der Waals surface area contributed by atoms with Crippen molar-refractivity contribution >= 4 is 15.9 Å². The lowest BCUT2D eigenvalue weighted by Gasteiger charge is -2.36. The predicted octanol–water partition coefficient (Wildman–Crippen LogP) is 2.50. The van der Waals surface area contributed by atoms with Crippen LogP contribution in [0.4, 0.5) is 8.78 Å². The first-order valence-corrected chi connectivity index (χ1v) is 10.5. The van der Waals surface area contributed by atoms with Crippen LogP contribution in [-0.2, 0) is 10.0 Å². The first-order chi connectivity index (χ1) is 13.7. The number of aryl methyl sites for hydroxylation is 2. The van der Waals surface area contributed by atoms with Crippen LogP contribution in [0.25, 0.3) is 0 Å². The van der Waals surface area contributed by atoms with Crippen molar-refractivity contribution < 1.29 is 26.7 Å². The second-order valence-electron chi connectivity index (χ2n) is 7.07. The average Bonchev–Trinajstić information content (AvgIpc) is 2.92. The zero-order valence-electron chi connectivity index (χ0n) is 15.8. The normalized spacial score (nSPS) is 19.4. The highest BCUT2D eigenvalue weighted by molar-refractivity contribution is 7.89. The van der Waals surface area contributed by atoms with Gasteiger partial charge in [-0.2, -0.15) is 13.1 Å². The number of nitrogens with zero attached hydrogens (tertiary/aromatic N) is 3. The van der Waals surface area contributed by atoms with E-state index >= 15 is 0 Å². The minimum absolute atomic E-state index is 0.0225. The van der Waals surface area contributed by atoms with Crippen molar-refractivity contribution in [2.75, 3.05) is 19.6 Å². The largest absolute Gasteiger partial charge is 0.435 e. The van der Waals surface area contributed by atoms with Crippen LogP contribution in [0.2, 0.25) is 0 Å². The number of benzene rings is 1. The molecule has 0 saturated carbocycles. The topological polar surface area (TPSA) is 79.8 Å². The second-order valence-corrected chi connectivity index (χ2v) is 8.97. The van der Waals surface area contributed by atoms with Crippen LogP contribution in [0, 0.1) is 13.8 Å². The minimum atomic E-state index is -3.88. The van der Waals surface area contributed by atoms with Crippen LogP contribution in [0.15, 0.2) is 35.2 Å². The van der Waals surface area contributed by atoms with Gasteiger partial charge in [0.1, 0.15) is 5.75 Å². The first-order valence-electron chi connectivity index (χ1n) is 9.02. The van der Waals surface area contributed by atoms with Gasteiger partial charge < -0.3 is 9.64 Å². The van der Waals surface area contributed by atoms with Gasteiger partial charge in [-0.1, -0.05) is 0 Å². The average molecular weight is 423 g/mol. The fourth-order valence-corrected chi connectivity index (χ4v) is 5.49. The molecule has 1 atom stereocenters. The maximum Gasteiger partial charge on any atom is 0.387 e. The van der Waals surface area contributed by atoms with Gasteiger partial charge in [0.2, 0.25) is 10.0 Å². The number of ether oxygens (including phenoxy) is 1. The fourth-order valence-electron chi connectivity index (χ4n) is 3.85. The molecule has 1 unspecified atom stereocenters. The van der Waals surface area contributed by atoms with E-state index in [0.717, 1.165) is 5.69 Å². The predicted molar refractivity (Wildman–Crippen MR) is 99.3 cm³/mol. The Hall–Kier alpha value is -2.59. The molecule has 2 aliphatic heterocycles. The fraction of sp³-hybridized carbons (Fsp3) is 0.368. The monoisotopic (exact) mass is 423 g/mol. The summed E-state index contributed by atoms with van der Waals surface area (Å²) in [4.78, 5) is 18.7. The van der Waals surface area contributed by atoms with Crippen molar-refractivity contribution in [3.8, 4) is 5.75 Å². The number of halogens is 2. The summed E-state index contributed by atoms with van der Waals surface area (Å²) in [7, 11) is -3.88. The van der Waals surface area contributed by atoms with Crippen molar-refractivity contribution in [3.05, 3.63) is 52.8 Å². The molecule has 0 bridgehead atoms. The van der Waals surface area contributed by atoms with Crippen LogP contribution < -0.4 is 4.74 Å². The third-order valence-corrected chi connectivity index (χ3v) is 7.23. The van der Waals surface area contributed by atoms with Crippen LogP contribution in [0.3, 0.4) is 0 Å². The van der Waals surface area contributed by atoms with Gasteiger partial charge in [0.25, 0.3) is 5.91 Å². The summed E-state index contributed by atoms with van der Waals surface area (Å²) >= 11 is 0. The van der Waals surface area contributed by atoms with E-state index in [0.29, 0.717) is 16.8 Å². The number of rotatable bonds is 4. The summed E-state index contributed by atoms with van der Waals surface area (Å²) in [6, 6.07) is 6.79. The van der Waals surface area contributed by atoms with Gasteiger partial charge in [-0.05, 0) is 49.7 Å². The van der Waals surface area contributed by atoms with Gasteiger partial charge in [-0.25, -0.2) is 8.42 Å². The summed E-state index contributed by atoms with van der Waals surface area (Å²) in [6.07, 6.45) is 0. The third-order valence-electron chi connectivity index (χ3n) is 5.20. The molecule has 0 spiro atoms. The molecule has 1 aromatic carbocycles. The number of carbonyl (C=O) groups is 1. The molecule has 7 nitrogen and oxygen atoms in total. The van der Waals surface area contributed by atoms with Gasteiger partial charge in [0, 0.05) is 25.3 Å². The lowest BCUT2D eigenvalue weighted by molar-refractivity contribution is -0.0499. The van der Waals surface area contributed by atoms with Gasteiger partial charge in [0.05, 0.1) is 22.2 Å². The number of sulfonamides is 1. The molecule has 3 heterocycles. The van der Waals surface area contributed by atoms with Gasteiger partial charge in [-0.3, -0.25) is 9.78 Å². The van der Waals surface area contributed by atoms with Crippen LogP contribution in [0.5, 0.6) is 5.75 Å². The number of hydrogen-bond donors (Lipinski definition) is 0. The maximum atomic E-state index is 13.2. The van der Waals surface area contributed by atoms with Gasteiger partial charge in [0.15, 0.2) is 0 Å². The van der Waals surface area contributed by atoms with E-state index in [1.54, 1.807) is 17.0 Å². The summed E-state index contributed by atoms with van der Waals surface area (Å²) in [6.45, 7) is 0.848. The number of piperazine rings is 1. The Kier molecular flexibility index (Phi) is 4.78. The van der Waals surface area contributed by atoms with E-state index in [-0.39, 0.29) is 36.2 Å². The molecule has 154 valence electrons. The van der Waals surface area contributed by atoms with Crippen molar-refractivity contribution in [1.29, 1.82) is 0 Å². The SMILES string of the molecule is Cc1ccc2c(n1)C1CN(S(=O)(=O)c3ccc(OC(F)F)cc3C)CCN1C2=O. The van der Waals surface area contributed by atoms with E-state index in [1.165, 1.54) is 29.4 Å². The molecule has 29 heavy (non-hydrogen) atoms. The molecular formula is C19H19F2N3O4S. The van der Waals surface area contributed by atoms with Crippen molar-refractivity contribution in [2.45, 2.75) is 31.4 Å². The Morgan fingerprint density at radius 3 is 2.62 bits per heavy atom. The molecular weight excluding hydrogens is 404 g/mol. The summed E-state index contributed by atoms with van der Waals surface area (Å²) in [5, 5.41) is 0. The molecule has 2 aromatic rings. The number of carbonyl (C=O) groups excluding carboxylic acids is 1. The zero-order valence-corrected chi connectivity index (χ0v) is 16.6. The molecule has 1 amide bonds. The molecule has 4 rings (SSSR count). The lowest BCUT2D eigenvalue weighted by Crippen LogP contribution is -2.49. The van der Waals surface area contributed by atoms with Crippen LogP contribution in [-0.4, -0.2) is 54.8 Å². The van der Waals surface area contributed by atoms with Crippen molar-refractivity contribution in [2.24, 2.45) is 0 Å². The number of hydrogen-bond acceptors (Lipinski definition) is 5. The van der Waals surface area contributed by atoms with E-state index in [1.807, 2.05) is 6.92 Å². The van der Waals surface area contributed by atoms with Gasteiger partial charge >= 0.3 is 6.61 Å². The molecule has 10 heteroatoms. The number of fused-ring (bicyclic) bond motifs is 3. The quantitative estimate of drug-likeness (QED) is 0.755. The molecule has 1 aromatic heterocycles. The van der Waals surface area contributed by atoms with Crippen LogP contribution in [0.1, 0.15) is 33.4 Å².